The zero-order valence-electron chi connectivity index (χ0n) is 9.34. The van der Waals surface area contributed by atoms with Crippen LogP contribution in [0.5, 0.6) is 0 Å². The fourth-order valence-corrected chi connectivity index (χ4v) is 2.60. The van der Waals surface area contributed by atoms with Crippen LogP contribution in [0.4, 0.5) is 0 Å². The van der Waals surface area contributed by atoms with Gasteiger partial charge in [0.25, 0.3) is 0 Å². The first kappa shape index (κ1) is 11.6. The molecule has 1 aromatic rings. The maximum absolute atomic E-state index is 11.9. The number of esters is 1. The van der Waals surface area contributed by atoms with Crippen LogP contribution in [0.15, 0.2) is 22.7 Å². The van der Waals surface area contributed by atoms with Crippen LogP contribution >= 0.6 is 15.9 Å². The summed E-state index contributed by atoms with van der Waals surface area (Å²) in [5.74, 6) is -0.236. The van der Waals surface area contributed by atoms with Gasteiger partial charge in [-0.05, 0) is 31.7 Å². The minimum atomic E-state index is -0.456. The zero-order chi connectivity index (χ0) is 11.8. The molecular weight excluding hydrogens is 270 g/mol. The van der Waals surface area contributed by atoms with Gasteiger partial charge in [0.2, 0.25) is 0 Å². The molecule has 1 aliphatic rings. The summed E-state index contributed by atoms with van der Waals surface area (Å²) in [6.45, 7) is 2.60. The Morgan fingerprint density at radius 2 is 2.31 bits per heavy atom. The van der Waals surface area contributed by atoms with E-state index in [0.717, 1.165) is 16.5 Å². The minimum Gasteiger partial charge on any atom is -0.454 e. The van der Waals surface area contributed by atoms with Crippen LogP contribution in [0.3, 0.4) is 0 Å². The highest BCUT2D eigenvalue weighted by atomic mass is 79.9. The molecule has 0 saturated heterocycles. The van der Waals surface area contributed by atoms with E-state index in [-0.39, 0.29) is 5.97 Å². The van der Waals surface area contributed by atoms with Gasteiger partial charge in [-0.15, -0.1) is 0 Å². The van der Waals surface area contributed by atoms with Crippen LogP contribution in [-0.4, -0.2) is 25.2 Å². The molecule has 1 heterocycles. The lowest BCUT2D eigenvalue weighted by atomic mass is 9.90. The molecule has 86 valence electrons. The Labute approximate surface area is 103 Å². The Balaban J connectivity index is 2.42. The molecular formula is C12H14BrNO2. The number of carbonyl (C=O) groups excluding carboxylic acids is 1. The Kier molecular flexibility index (Phi) is 3.04. The van der Waals surface area contributed by atoms with Gasteiger partial charge in [-0.1, -0.05) is 22.0 Å². The highest BCUT2D eigenvalue weighted by Crippen LogP contribution is 2.32. The average Bonchev–Trinajstić information content (AvgIpc) is 2.20. The Bertz CT molecular complexity index is 433. The summed E-state index contributed by atoms with van der Waals surface area (Å²) in [4.78, 5) is 11.9. The lowest BCUT2D eigenvalue weighted by molar-refractivity contribution is -0.0141. The van der Waals surface area contributed by atoms with E-state index in [1.54, 1.807) is 6.07 Å². The summed E-state index contributed by atoms with van der Waals surface area (Å²) < 4.78 is 6.45. The van der Waals surface area contributed by atoms with Crippen molar-refractivity contribution in [2.45, 2.75) is 18.9 Å². The number of nitrogens with one attached hydrogen (secondary N) is 1. The second-order valence-corrected chi connectivity index (χ2v) is 5.17. The fourth-order valence-electron chi connectivity index (χ4n) is 2.09. The van der Waals surface area contributed by atoms with Crippen molar-refractivity contribution in [2.24, 2.45) is 0 Å². The third-order valence-corrected chi connectivity index (χ3v) is 3.52. The molecule has 0 aliphatic carbocycles. The first-order chi connectivity index (χ1) is 7.56. The standard InChI is InChI=1S/C12H14BrNO2/c1-12(7-14-2)6-9-8(11(15)16-12)4-3-5-10(9)13/h3-5,14H,6-7H2,1-2H3. The topological polar surface area (TPSA) is 38.3 Å². The minimum absolute atomic E-state index is 0.236. The van der Waals surface area contributed by atoms with Gasteiger partial charge < -0.3 is 10.1 Å². The molecule has 0 bridgehead atoms. The molecule has 1 N–H and O–H groups in total. The molecule has 1 aliphatic heterocycles. The lowest BCUT2D eigenvalue weighted by Crippen LogP contribution is -2.46. The predicted molar refractivity (Wildman–Crippen MR) is 65.6 cm³/mol. The van der Waals surface area contributed by atoms with Crippen molar-refractivity contribution in [1.82, 2.24) is 5.32 Å². The summed E-state index contributed by atoms with van der Waals surface area (Å²) in [5.41, 5.74) is 1.25. The zero-order valence-corrected chi connectivity index (χ0v) is 10.9. The summed E-state index contributed by atoms with van der Waals surface area (Å²) in [7, 11) is 1.86. The molecule has 1 atom stereocenters. The van der Waals surface area contributed by atoms with E-state index in [1.807, 2.05) is 26.1 Å². The number of hydrogen-bond acceptors (Lipinski definition) is 3. The van der Waals surface area contributed by atoms with Gasteiger partial charge in [-0.25, -0.2) is 4.79 Å². The highest BCUT2D eigenvalue weighted by Gasteiger charge is 2.36. The second kappa shape index (κ2) is 4.18. The SMILES string of the molecule is CNCC1(C)Cc2c(Br)cccc2C(=O)O1. The van der Waals surface area contributed by atoms with Crippen molar-refractivity contribution < 1.29 is 9.53 Å². The number of benzene rings is 1. The number of cyclic esters (lactones) is 1. The maximum Gasteiger partial charge on any atom is 0.339 e. The van der Waals surface area contributed by atoms with Crippen LogP contribution in [0.1, 0.15) is 22.8 Å². The number of fused-ring (bicyclic) bond motifs is 1. The molecule has 0 radical (unpaired) electrons. The second-order valence-electron chi connectivity index (χ2n) is 4.31. The molecule has 0 saturated carbocycles. The maximum atomic E-state index is 11.9. The van der Waals surface area contributed by atoms with Crippen LogP contribution in [-0.2, 0) is 11.2 Å². The molecule has 1 unspecified atom stereocenters. The highest BCUT2D eigenvalue weighted by molar-refractivity contribution is 9.10. The smallest absolute Gasteiger partial charge is 0.339 e. The molecule has 3 nitrogen and oxygen atoms in total. The fraction of sp³-hybridized carbons (Fsp3) is 0.417. The number of hydrogen-bond donors (Lipinski definition) is 1. The van der Waals surface area contributed by atoms with Crippen LogP contribution < -0.4 is 5.32 Å². The monoisotopic (exact) mass is 283 g/mol. The quantitative estimate of drug-likeness (QED) is 0.846. The van der Waals surface area contributed by atoms with Crippen molar-refractivity contribution in [3.63, 3.8) is 0 Å². The number of carbonyl (C=O) groups is 1. The van der Waals surface area contributed by atoms with E-state index < -0.39 is 5.60 Å². The van der Waals surface area contributed by atoms with Gasteiger partial charge in [-0.2, -0.15) is 0 Å². The third kappa shape index (κ3) is 1.99. The van der Waals surface area contributed by atoms with Crippen LogP contribution in [0.2, 0.25) is 0 Å². The predicted octanol–water partition coefficient (Wildman–Crippen LogP) is 2.14. The van der Waals surface area contributed by atoms with E-state index in [2.05, 4.69) is 21.2 Å². The average molecular weight is 284 g/mol. The number of likely N-dealkylation sites (N-methyl/N-ethyl adjacent to an activating group) is 1. The van der Waals surface area contributed by atoms with Crippen LogP contribution in [0, 0.1) is 0 Å². The van der Waals surface area contributed by atoms with E-state index in [9.17, 15) is 4.79 Å². The van der Waals surface area contributed by atoms with Gasteiger partial charge in [0.15, 0.2) is 0 Å². The first-order valence-electron chi connectivity index (χ1n) is 5.21. The molecule has 0 fully saturated rings. The van der Waals surface area contributed by atoms with Gasteiger partial charge >= 0.3 is 5.97 Å². The molecule has 1 aromatic carbocycles. The summed E-state index contributed by atoms with van der Waals surface area (Å²) in [5, 5.41) is 3.06. The first-order valence-corrected chi connectivity index (χ1v) is 6.00. The molecule has 0 spiro atoms. The Morgan fingerprint density at radius 1 is 1.56 bits per heavy atom. The van der Waals surface area contributed by atoms with Gasteiger partial charge in [0, 0.05) is 17.4 Å². The van der Waals surface area contributed by atoms with Crippen molar-refractivity contribution in [1.29, 1.82) is 0 Å². The molecule has 4 heteroatoms. The number of rotatable bonds is 2. The molecule has 2 rings (SSSR count). The summed E-state index contributed by atoms with van der Waals surface area (Å²) >= 11 is 3.48. The Morgan fingerprint density at radius 3 is 3.00 bits per heavy atom. The van der Waals surface area contributed by atoms with E-state index >= 15 is 0 Å². The largest absolute Gasteiger partial charge is 0.454 e. The number of ether oxygens (including phenoxy) is 1. The normalized spacial score (nSPS) is 23.8. The Hall–Kier alpha value is -0.870. The summed E-state index contributed by atoms with van der Waals surface area (Å²) in [6.07, 6.45) is 0.732. The lowest BCUT2D eigenvalue weighted by Gasteiger charge is -2.34. The van der Waals surface area contributed by atoms with Gasteiger partial charge in [-0.3, -0.25) is 0 Å². The van der Waals surface area contributed by atoms with Gasteiger partial charge in [0.1, 0.15) is 5.60 Å². The van der Waals surface area contributed by atoms with Crippen molar-refractivity contribution in [3.8, 4) is 0 Å². The van der Waals surface area contributed by atoms with E-state index in [0.29, 0.717) is 12.1 Å². The van der Waals surface area contributed by atoms with Crippen molar-refractivity contribution in [2.75, 3.05) is 13.6 Å². The molecule has 0 amide bonds. The van der Waals surface area contributed by atoms with Crippen LogP contribution in [0.25, 0.3) is 0 Å². The molecule has 16 heavy (non-hydrogen) atoms. The van der Waals surface area contributed by atoms with Crippen molar-refractivity contribution >= 4 is 21.9 Å². The third-order valence-electron chi connectivity index (χ3n) is 2.78. The van der Waals surface area contributed by atoms with Gasteiger partial charge in [0.05, 0.1) is 5.56 Å². The summed E-state index contributed by atoms with van der Waals surface area (Å²) in [6, 6.07) is 5.61. The number of halogens is 1. The van der Waals surface area contributed by atoms with Crippen molar-refractivity contribution in [3.05, 3.63) is 33.8 Å². The molecule has 0 aromatic heterocycles. The van der Waals surface area contributed by atoms with E-state index in [1.165, 1.54) is 0 Å². The van der Waals surface area contributed by atoms with E-state index in [4.69, 9.17) is 4.74 Å².